The lowest BCUT2D eigenvalue weighted by atomic mass is 10.1. The van der Waals surface area contributed by atoms with Crippen molar-refractivity contribution in [2.24, 2.45) is 5.73 Å². The molecule has 3 rings (SSSR count). The number of hydrogen-bond donors (Lipinski definition) is 2. The van der Waals surface area contributed by atoms with E-state index in [1.807, 2.05) is 19.1 Å². The molecule has 0 aromatic heterocycles. The number of nitrogen functional groups attached to an aromatic ring is 1. The number of esters is 1. The molecule has 1 unspecified atom stereocenters. The zero-order chi connectivity index (χ0) is 27.2. The number of nitrogens with zero attached hydrogens (tertiary/aromatic N) is 1. The van der Waals surface area contributed by atoms with Crippen LogP contribution in [0.5, 0.6) is 5.75 Å². The maximum Gasteiger partial charge on any atom is 0.329 e. The fraction of sp³-hybridized carbons (Fsp3) is 0.259. The molecule has 0 heterocycles. The number of halogens is 1. The highest BCUT2D eigenvalue weighted by Crippen LogP contribution is 2.33. The summed E-state index contributed by atoms with van der Waals surface area (Å²) >= 11 is 6.24. The van der Waals surface area contributed by atoms with Crippen LogP contribution >= 0.6 is 11.6 Å². The number of ether oxygens (including phenoxy) is 2. The summed E-state index contributed by atoms with van der Waals surface area (Å²) in [5, 5.41) is 7.54. The number of hydrogen-bond acceptors (Lipinski definition) is 6. The molecule has 0 aliphatic carbocycles. The number of anilines is 1. The van der Waals surface area contributed by atoms with Gasteiger partial charge in [0.25, 0.3) is 10.0 Å². The Balaban J connectivity index is 1.92. The van der Waals surface area contributed by atoms with Crippen molar-refractivity contribution >= 4 is 39.1 Å². The highest BCUT2D eigenvalue weighted by Gasteiger charge is 2.35. The van der Waals surface area contributed by atoms with E-state index in [1.165, 1.54) is 19.1 Å². The number of aryl methyl sites for hydroxylation is 1. The molecule has 1 atom stereocenters. The number of sulfonamides is 1. The molecule has 0 fully saturated rings. The first-order chi connectivity index (χ1) is 17.5. The predicted molar refractivity (Wildman–Crippen MR) is 145 cm³/mol. The summed E-state index contributed by atoms with van der Waals surface area (Å²) in [6.45, 7) is 5.38. The summed E-state index contributed by atoms with van der Waals surface area (Å²) in [4.78, 5) is 12.6. The standard InChI is InChI=1S/C27H30ClN3O5S/c1-4-35-27(32)19(3)31(37(33,34)25-8-6-5-7-24(25)28)22-15-18(2)16-23(17-22)36-14-13-20-9-11-21(12-10-20)26(29)30/h5-12,15-17,19H,4,13-14H2,1-3H3,(H3,29,30). The first-order valence-electron chi connectivity index (χ1n) is 11.7. The van der Waals surface area contributed by atoms with Crippen molar-refractivity contribution in [2.45, 2.75) is 38.1 Å². The molecule has 0 saturated carbocycles. The van der Waals surface area contributed by atoms with Crippen molar-refractivity contribution in [1.29, 1.82) is 5.41 Å². The molecule has 0 saturated heterocycles. The van der Waals surface area contributed by atoms with E-state index in [1.54, 1.807) is 49.4 Å². The molecule has 3 N–H and O–H groups in total. The van der Waals surface area contributed by atoms with E-state index in [9.17, 15) is 13.2 Å². The number of nitrogens with one attached hydrogen (secondary N) is 1. The Bertz CT molecular complexity index is 1380. The van der Waals surface area contributed by atoms with E-state index in [0.29, 0.717) is 24.3 Å². The van der Waals surface area contributed by atoms with Gasteiger partial charge < -0.3 is 15.2 Å². The van der Waals surface area contributed by atoms with Crippen molar-refractivity contribution in [1.82, 2.24) is 0 Å². The Labute approximate surface area is 222 Å². The molecular formula is C27H30ClN3O5S. The van der Waals surface area contributed by atoms with Gasteiger partial charge in [0.2, 0.25) is 0 Å². The number of carbonyl (C=O) groups excluding carboxylic acids is 1. The van der Waals surface area contributed by atoms with E-state index in [4.69, 9.17) is 32.2 Å². The monoisotopic (exact) mass is 543 g/mol. The number of nitrogens with two attached hydrogens (primary N) is 1. The third-order valence-corrected chi connectivity index (χ3v) is 7.97. The van der Waals surface area contributed by atoms with Gasteiger partial charge in [-0.2, -0.15) is 0 Å². The summed E-state index contributed by atoms with van der Waals surface area (Å²) < 4.78 is 39.7. The minimum Gasteiger partial charge on any atom is -0.493 e. The van der Waals surface area contributed by atoms with Crippen molar-refractivity contribution in [3.8, 4) is 5.75 Å². The van der Waals surface area contributed by atoms with Crippen LogP contribution in [0.4, 0.5) is 5.69 Å². The fourth-order valence-corrected chi connectivity index (χ4v) is 5.86. The van der Waals surface area contributed by atoms with Gasteiger partial charge in [0.05, 0.1) is 23.9 Å². The Hall–Kier alpha value is -3.56. The number of carbonyl (C=O) groups is 1. The largest absolute Gasteiger partial charge is 0.493 e. The molecule has 37 heavy (non-hydrogen) atoms. The van der Waals surface area contributed by atoms with Crippen molar-refractivity contribution in [3.63, 3.8) is 0 Å². The van der Waals surface area contributed by atoms with Crippen LogP contribution < -0.4 is 14.8 Å². The summed E-state index contributed by atoms with van der Waals surface area (Å²) in [6, 6.07) is 17.3. The molecule has 0 amide bonds. The SMILES string of the molecule is CCOC(=O)C(C)N(c1cc(C)cc(OCCc2ccc(C(=N)N)cc2)c1)S(=O)(=O)c1ccccc1Cl. The second-order valence-electron chi connectivity index (χ2n) is 8.37. The van der Waals surface area contributed by atoms with Crippen LogP contribution in [0.1, 0.15) is 30.5 Å². The summed E-state index contributed by atoms with van der Waals surface area (Å²) in [7, 11) is -4.24. The molecule has 196 valence electrons. The number of benzene rings is 3. The number of rotatable bonds is 11. The molecule has 3 aromatic carbocycles. The van der Waals surface area contributed by atoms with E-state index in [-0.39, 0.29) is 28.0 Å². The minimum absolute atomic E-state index is 0.00318. The minimum atomic E-state index is -4.24. The first kappa shape index (κ1) is 28.0. The molecule has 0 radical (unpaired) electrons. The van der Waals surface area contributed by atoms with Crippen LogP contribution in [0.3, 0.4) is 0 Å². The summed E-state index contributed by atoms with van der Waals surface area (Å²) in [6.07, 6.45) is 0.586. The highest BCUT2D eigenvalue weighted by molar-refractivity contribution is 7.93. The van der Waals surface area contributed by atoms with E-state index >= 15 is 0 Å². The van der Waals surface area contributed by atoms with Gasteiger partial charge in [0.1, 0.15) is 22.5 Å². The van der Waals surface area contributed by atoms with Crippen molar-refractivity contribution < 1.29 is 22.7 Å². The average molecular weight is 544 g/mol. The van der Waals surface area contributed by atoms with Gasteiger partial charge >= 0.3 is 5.97 Å². The molecule has 10 heteroatoms. The highest BCUT2D eigenvalue weighted by atomic mass is 35.5. The Morgan fingerprint density at radius 3 is 2.41 bits per heavy atom. The second kappa shape index (κ2) is 12.1. The second-order valence-corrected chi connectivity index (χ2v) is 10.6. The Morgan fingerprint density at radius 2 is 1.78 bits per heavy atom. The van der Waals surface area contributed by atoms with Gasteiger partial charge in [-0.15, -0.1) is 0 Å². The number of amidine groups is 1. The molecule has 0 spiro atoms. The van der Waals surface area contributed by atoms with Crippen LogP contribution in [0.2, 0.25) is 5.02 Å². The smallest absolute Gasteiger partial charge is 0.329 e. The van der Waals surface area contributed by atoms with Gasteiger partial charge in [0, 0.05) is 18.1 Å². The lowest BCUT2D eigenvalue weighted by Crippen LogP contribution is -2.44. The van der Waals surface area contributed by atoms with Crippen LogP contribution in [0.25, 0.3) is 0 Å². The topological polar surface area (TPSA) is 123 Å². The van der Waals surface area contributed by atoms with Gasteiger partial charge in [-0.25, -0.2) is 13.2 Å². The average Bonchev–Trinajstić information content (AvgIpc) is 2.84. The van der Waals surface area contributed by atoms with Crippen molar-refractivity contribution in [2.75, 3.05) is 17.5 Å². The Morgan fingerprint density at radius 1 is 1.11 bits per heavy atom. The lowest BCUT2D eigenvalue weighted by molar-refractivity contribution is -0.144. The van der Waals surface area contributed by atoms with Gasteiger partial charge in [-0.3, -0.25) is 9.71 Å². The maximum atomic E-state index is 13.8. The van der Waals surface area contributed by atoms with E-state index < -0.39 is 22.0 Å². The van der Waals surface area contributed by atoms with Crippen molar-refractivity contribution in [3.05, 3.63) is 88.4 Å². The quantitative estimate of drug-likeness (QED) is 0.205. The van der Waals surface area contributed by atoms with Gasteiger partial charge in [0.15, 0.2) is 0 Å². The predicted octanol–water partition coefficient (Wildman–Crippen LogP) is 4.70. The normalized spacial score (nSPS) is 12.0. The third kappa shape index (κ3) is 6.81. The van der Waals surface area contributed by atoms with E-state index in [2.05, 4.69) is 0 Å². The van der Waals surface area contributed by atoms with Crippen LogP contribution in [-0.2, 0) is 26.0 Å². The molecular weight excluding hydrogens is 514 g/mol. The Kier molecular flexibility index (Phi) is 9.18. The lowest BCUT2D eigenvalue weighted by Gasteiger charge is -2.30. The summed E-state index contributed by atoms with van der Waals surface area (Å²) in [5.74, 6) is -0.231. The first-order valence-corrected chi connectivity index (χ1v) is 13.5. The van der Waals surface area contributed by atoms with Crippen LogP contribution in [0, 0.1) is 12.3 Å². The summed E-state index contributed by atoms with van der Waals surface area (Å²) in [5.41, 5.74) is 8.14. The molecule has 8 nitrogen and oxygen atoms in total. The van der Waals surface area contributed by atoms with Crippen LogP contribution in [0.15, 0.2) is 71.6 Å². The maximum absolute atomic E-state index is 13.8. The molecule has 0 aliphatic heterocycles. The molecule has 3 aromatic rings. The third-order valence-electron chi connectivity index (χ3n) is 5.57. The zero-order valence-corrected chi connectivity index (χ0v) is 22.5. The van der Waals surface area contributed by atoms with E-state index in [0.717, 1.165) is 15.4 Å². The zero-order valence-electron chi connectivity index (χ0n) is 20.9. The van der Waals surface area contributed by atoms with Crippen LogP contribution in [-0.4, -0.2) is 39.5 Å². The van der Waals surface area contributed by atoms with Gasteiger partial charge in [-0.1, -0.05) is 48.0 Å². The fourth-order valence-electron chi connectivity index (χ4n) is 3.77. The van der Waals surface area contributed by atoms with Gasteiger partial charge in [-0.05, 0) is 56.2 Å². The molecule has 0 aliphatic rings. The molecule has 0 bridgehead atoms.